The second kappa shape index (κ2) is 8.73. The fourth-order valence-electron chi connectivity index (χ4n) is 4.71. The van der Waals surface area contributed by atoms with Crippen molar-refractivity contribution in [3.8, 4) is 0 Å². The van der Waals surface area contributed by atoms with Crippen LogP contribution in [0.1, 0.15) is 39.0 Å². The van der Waals surface area contributed by atoms with E-state index in [0.29, 0.717) is 24.7 Å². The van der Waals surface area contributed by atoms with Gasteiger partial charge in [0, 0.05) is 12.0 Å². The first-order valence-electron chi connectivity index (χ1n) is 9.90. The molecule has 1 saturated carbocycles. The maximum absolute atomic E-state index is 14.2. The van der Waals surface area contributed by atoms with Crippen LogP contribution in [0.5, 0.6) is 0 Å². The molecule has 7 unspecified atom stereocenters. The third kappa shape index (κ3) is 4.70. The first kappa shape index (κ1) is 20.3. The zero-order valence-corrected chi connectivity index (χ0v) is 16.7. The van der Waals surface area contributed by atoms with Gasteiger partial charge in [-0.05, 0) is 64.1 Å². The van der Waals surface area contributed by atoms with Gasteiger partial charge in [0.25, 0.3) is 0 Å². The number of amides is 1. The number of hydrogen-bond donors (Lipinski definition) is 4. The van der Waals surface area contributed by atoms with Crippen molar-refractivity contribution >= 4 is 17.7 Å². The van der Waals surface area contributed by atoms with E-state index in [4.69, 9.17) is 11.5 Å². The van der Waals surface area contributed by atoms with E-state index in [9.17, 15) is 9.18 Å². The van der Waals surface area contributed by atoms with Gasteiger partial charge in [0.1, 0.15) is 11.7 Å². The average Bonchev–Trinajstić information content (AvgIpc) is 3.05. The average molecular weight is 388 g/mol. The minimum Gasteiger partial charge on any atom is -0.331 e. The summed E-state index contributed by atoms with van der Waals surface area (Å²) in [5, 5.41) is 6.14. The number of piperidine rings is 1. The lowest BCUT2D eigenvalue weighted by Gasteiger charge is -2.33. The largest absolute Gasteiger partial charge is 0.331 e. The highest BCUT2D eigenvalue weighted by atomic mass is 32.2. The summed E-state index contributed by atoms with van der Waals surface area (Å²) in [4.78, 5) is 14.9. The van der Waals surface area contributed by atoms with Crippen molar-refractivity contribution in [3.05, 3.63) is 0 Å². The Morgan fingerprint density at radius 3 is 2.62 bits per heavy atom. The standard InChI is InChI=1S/C18H34FN5OS/c1-10-3-4-13(19)12-9-14(22-15(10)12)17(25)23-18(21)26-16(20)11-5-7-24(2)8-6-11/h10-16,18,22H,3-9,20-21H2,1-2H3,(H,23,25). The summed E-state index contributed by atoms with van der Waals surface area (Å²) in [6.07, 6.45) is 3.37. The molecule has 1 amide bonds. The number of thioether (sulfide) groups is 1. The zero-order chi connectivity index (χ0) is 18.8. The van der Waals surface area contributed by atoms with E-state index < -0.39 is 11.7 Å². The number of alkyl halides is 1. The third-order valence-corrected chi connectivity index (χ3v) is 7.58. The van der Waals surface area contributed by atoms with E-state index in [0.717, 1.165) is 32.4 Å². The number of fused-ring (bicyclic) bond motifs is 1. The number of halogens is 1. The molecule has 8 heteroatoms. The van der Waals surface area contributed by atoms with E-state index in [1.807, 2.05) is 0 Å². The number of carbonyl (C=O) groups excluding carboxylic acids is 1. The van der Waals surface area contributed by atoms with Gasteiger partial charge in [-0.2, -0.15) is 0 Å². The summed E-state index contributed by atoms with van der Waals surface area (Å²) < 4.78 is 14.2. The van der Waals surface area contributed by atoms with Crippen LogP contribution in [0.4, 0.5) is 4.39 Å². The van der Waals surface area contributed by atoms with Gasteiger partial charge in [0.05, 0.1) is 11.4 Å². The van der Waals surface area contributed by atoms with Gasteiger partial charge in [0.15, 0.2) is 0 Å². The Balaban J connectivity index is 1.45. The Hall–Kier alpha value is -0.410. The van der Waals surface area contributed by atoms with E-state index in [1.165, 1.54) is 11.8 Å². The van der Waals surface area contributed by atoms with Crippen molar-refractivity contribution in [1.29, 1.82) is 0 Å². The predicted octanol–water partition coefficient (Wildman–Crippen LogP) is 0.819. The normalized spacial score (nSPS) is 38.6. The van der Waals surface area contributed by atoms with Crippen molar-refractivity contribution in [2.24, 2.45) is 29.2 Å². The molecule has 0 radical (unpaired) electrons. The lowest BCUT2D eigenvalue weighted by molar-refractivity contribution is -0.123. The van der Waals surface area contributed by atoms with Crippen LogP contribution in [-0.4, -0.2) is 60.1 Å². The van der Waals surface area contributed by atoms with Crippen molar-refractivity contribution in [1.82, 2.24) is 15.5 Å². The summed E-state index contributed by atoms with van der Waals surface area (Å²) in [7, 11) is 2.12. The maximum atomic E-state index is 14.2. The first-order chi connectivity index (χ1) is 12.3. The number of nitrogens with two attached hydrogens (primary N) is 2. The van der Waals surface area contributed by atoms with Crippen LogP contribution >= 0.6 is 11.8 Å². The minimum atomic E-state index is -0.803. The second-order valence-electron chi connectivity index (χ2n) is 8.39. The molecule has 6 nitrogen and oxygen atoms in total. The molecule has 0 spiro atoms. The Bertz CT molecular complexity index is 472. The summed E-state index contributed by atoms with van der Waals surface area (Å²) in [5.74, 6) is 0.653. The number of carbonyl (C=O) groups is 1. The number of likely N-dealkylation sites (tertiary alicyclic amines) is 1. The predicted molar refractivity (Wildman–Crippen MR) is 104 cm³/mol. The van der Waals surface area contributed by atoms with Gasteiger partial charge < -0.3 is 27.0 Å². The molecule has 7 atom stereocenters. The van der Waals surface area contributed by atoms with E-state index in [2.05, 4.69) is 29.5 Å². The molecule has 3 fully saturated rings. The van der Waals surface area contributed by atoms with Crippen molar-refractivity contribution in [3.63, 3.8) is 0 Å². The smallest absolute Gasteiger partial charge is 0.239 e. The molecular weight excluding hydrogens is 353 g/mol. The SMILES string of the molecule is CC1CCC(F)C2CC(C(=O)NC(N)SC(N)C3CCN(C)CC3)NC12. The Labute approximate surface area is 160 Å². The highest BCUT2D eigenvalue weighted by Crippen LogP contribution is 2.38. The summed E-state index contributed by atoms with van der Waals surface area (Å²) >= 11 is 1.42. The van der Waals surface area contributed by atoms with Gasteiger partial charge in [0.2, 0.25) is 5.91 Å². The highest BCUT2D eigenvalue weighted by molar-refractivity contribution is 8.00. The molecule has 1 aliphatic carbocycles. The van der Waals surface area contributed by atoms with Gasteiger partial charge in [-0.25, -0.2) is 4.39 Å². The van der Waals surface area contributed by atoms with Gasteiger partial charge in [-0.3, -0.25) is 4.79 Å². The fourth-order valence-corrected chi connectivity index (χ4v) is 5.73. The molecule has 0 bridgehead atoms. The summed E-state index contributed by atoms with van der Waals surface area (Å²) in [6, 6.07) is -0.255. The lowest BCUT2D eigenvalue weighted by Crippen LogP contribution is -2.51. The topological polar surface area (TPSA) is 96.4 Å². The molecule has 6 N–H and O–H groups in total. The van der Waals surface area contributed by atoms with Crippen LogP contribution in [0.25, 0.3) is 0 Å². The molecule has 3 aliphatic rings. The van der Waals surface area contributed by atoms with Crippen molar-refractivity contribution < 1.29 is 9.18 Å². The first-order valence-corrected chi connectivity index (χ1v) is 10.8. The monoisotopic (exact) mass is 387 g/mol. The van der Waals surface area contributed by atoms with Crippen LogP contribution in [0.3, 0.4) is 0 Å². The maximum Gasteiger partial charge on any atom is 0.239 e. The fraction of sp³-hybridized carbons (Fsp3) is 0.944. The highest BCUT2D eigenvalue weighted by Gasteiger charge is 2.46. The molecule has 0 aromatic carbocycles. The van der Waals surface area contributed by atoms with Crippen LogP contribution in [0.15, 0.2) is 0 Å². The van der Waals surface area contributed by atoms with Gasteiger partial charge >= 0.3 is 0 Å². The van der Waals surface area contributed by atoms with E-state index in [1.54, 1.807) is 0 Å². The molecular formula is C18H34FN5OS. The van der Waals surface area contributed by atoms with Crippen LogP contribution in [-0.2, 0) is 4.79 Å². The Morgan fingerprint density at radius 1 is 1.27 bits per heavy atom. The summed E-state index contributed by atoms with van der Waals surface area (Å²) in [6.45, 7) is 4.24. The number of nitrogens with zero attached hydrogens (tertiary/aromatic N) is 1. The second-order valence-corrected chi connectivity index (χ2v) is 9.71. The Kier molecular flexibility index (Phi) is 6.83. The van der Waals surface area contributed by atoms with Crippen LogP contribution < -0.4 is 22.1 Å². The quantitative estimate of drug-likeness (QED) is 0.522. The molecule has 2 aliphatic heterocycles. The van der Waals surface area contributed by atoms with Gasteiger partial charge in [-0.15, -0.1) is 11.8 Å². The number of nitrogens with one attached hydrogen (secondary N) is 2. The molecule has 0 aromatic heterocycles. The molecule has 150 valence electrons. The lowest BCUT2D eigenvalue weighted by atomic mass is 9.77. The number of hydrogen-bond acceptors (Lipinski definition) is 6. The van der Waals surface area contributed by atoms with E-state index >= 15 is 0 Å². The summed E-state index contributed by atoms with van der Waals surface area (Å²) in [5.41, 5.74) is 11.9. The zero-order valence-electron chi connectivity index (χ0n) is 15.9. The number of rotatable bonds is 5. The van der Waals surface area contributed by atoms with Crippen molar-refractivity contribution in [2.45, 2.75) is 68.2 Å². The molecule has 3 rings (SSSR count). The Morgan fingerprint density at radius 2 is 1.96 bits per heavy atom. The van der Waals surface area contributed by atoms with Crippen molar-refractivity contribution in [2.75, 3.05) is 20.1 Å². The molecule has 0 aromatic rings. The van der Waals surface area contributed by atoms with Crippen LogP contribution in [0, 0.1) is 17.8 Å². The van der Waals surface area contributed by atoms with E-state index in [-0.39, 0.29) is 29.3 Å². The van der Waals surface area contributed by atoms with Gasteiger partial charge in [-0.1, -0.05) is 6.92 Å². The van der Waals surface area contributed by atoms with Crippen LogP contribution in [0.2, 0.25) is 0 Å². The molecule has 2 heterocycles. The molecule has 2 saturated heterocycles. The molecule has 26 heavy (non-hydrogen) atoms. The third-order valence-electron chi connectivity index (χ3n) is 6.47. The minimum absolute atomic E-state index is 0.0557.